The maximum Gasteiger partial charge on any atom is 0.240 e. The van der Waals surface area contributed by atoms with E-state index < -0.39 is 11.9 Å². The lowest BCUT2D eigenvalue weighted by molar-refractivity contribution is -0.119. The molecule has 90 valence electrons. The van der Waals surface area contributed by atoms with E-state index in [1.54, 1.807) is 18.2 Å². The lowest BCUT2D eigenvalue weighted by Gasteiger charge is -2.20. The maximum atomic E-state index is 11.3. The minimum Gasteiger partial charge on any atom is -0.372 e. The lowest BCUT2D eigenvalue weighted by atomic mass is 10.0. The van der Waals surface area contributed by atoms with E-state index >= 15 is 0 Å². The number of nitrogens with zero attached hydrogens (tertiary/aromatic N) is 1. The minimum absolute atomic E-state index is 0.0259. The number of anilines is 1. The first kappa shape index (κ1) is 13.3. The second-order valence-electron chi connectivity index (χ2n) is 4.07. The van der Waals surface area contributed by atoms with Gasteiger partial charge in [0.15, 0.2) is 0 Å². The second kappa shape index (κ2) is 5.55. The highest BCUT2D eigenvalue weighted by Crippen LogP contribution is 2.22. The summed E-state index contributed by atoms with van der Waals surface area (Å²) < 4.78 is 0. The monoisotopic (exact) mass is 251 g/mol. The zero-order valence-corrected chi connectivity index (χ0v) is 10.5. The van der Waals surface area contributed by atoms with Crippen LogP contribution in [0.1, 0.15) is 19.4 Å². The van der Waals surface area contributed by atoms with Crippen LogP contribution in [-0.2, 0) is 4.79 Å². The van der Waals surface area contributed by atoms with Gasteiger partial charge in [0.05, 0.1) is 11.3 Å². The number of primary amides is 1. The first-order valence-electron chi connectivity index (χ1n) is 5.21. The fourth-order valence-electron chi connectivity index (χ4n) is 1.47. The molecule has 3 N–H and O–H groups in total. The summed E-state index contributed by atoms with van der Waals surface area (Å²) in [6, 6.07) is 6.34. The van der Waals surface area contributed by atoms with Crippen molar-refractivity contribution in [1.82, 2.24) is 0 Å². The molecule has 0 aliphatic heterocycles. The van der Waals surface area contributed by atoms with Gasteiger partial charge < -0.3 is 11.1 Å². The molecule has 0 fully saturated rings. The molecule has 0 heterocycles. The molecule has 0 radical (unpaired) electrons. The van der Waals surface area contributed by atoms with Crippen LogP contribution in [0.5, 0.6) is 0 Å². The van der Waals surface area contributed by atoms with E-state index in [2.05, 4.69) is 5.32 Å². The summed E-state index contributed by atoms with van der Waals surface area (Å²) in [5, 5.41) is 12.4. The molecule has 4 nitrogen and oxygen atoms in total. The smallest absolute Gasteiger partial charge is 0.240 e. The van der Waals surface area contributed by atoms with E-state index in [0.29, 0.717) is 16.3 Å². The van der Waals surface area contributed by atoms with Gasteiger partial charge >= 0.3 is 0 Å². The van der Waals surface area contributed by atoms with E-state index in [1.165, 1.54) is 0 Å². The van der Waals surface area contributed by atoms with Crippen molar-refractivity contribution in [1.29, 1.82) is 5.26 Å². The van der Waals surface area contributed by atoms with Crippen molar-refractivity contribution >= 4 is 23.2 Å². The second-order valence-corrected chi connectivity index (χ2v) is 4.51. The summed E-state index contributed by atoms with van der Waals surface area (Å²) in [6.45, 7) is 3.75. The zero-order chi connectivity index (χ0) is 13.0. The van der Waals surface area contributed by atoms with Gasteiger partial charge in [-0.15, -0.1) is 0 Å². The predicted molar refractivity (Wildman–Crippen MR) is 67.6 cm³/mol. The highest BCUT2D eigenvalue weighted by Gasteiger charge is 2.20. The third-order valence-corrected chi connectivity index (χ3v) is 2.62. The number of nitrogens with one attached hydrogen (secondary N) is 1. The Balaban J connectivity index is 3.05. The summed E-state index contributed by atoms with van der Waals surface area (Å²) in [5.74, 6) is -0.429. The summed E-state index contributed by atoms with van der Waals surface area (Å²) in [7, 11) is 0. The van der Waals surface area contributed by atoms with Gasteiger partial charge in [-0.05, 0) is 24.1 Å². The molecule has 1 amide bonds. The molecule has 0 saturated carbocycles. The van der Waals surface area contributed by atoms with Crippen LogP contribution in [-0.4, -0.2) is 11.9 Å². The van der Waals surface area contributed by atoms with Crippen molar-refractivity contribution < 1.29 is 4.79 Å². The van der Waals surface area contributed by atoms with E-state index in [4.69, 9.17) is 22.6 Å². The number of carbonyl (C=O) groups is 1. The first-order chi connectivity index (χ1) is 7.95. The Kier molecular flexibility index (Phi) is 4.36. The van der Waals surface area contributed by atoms with Crippen molar-refractivity contribution in [2.24, 2.45) is 11.7 Å². The molecule has 17 heavy (non-hydrogen) atoms. The first-order valence-corrected chi connectivity index (χ1v) is 5.59. The van der Waals surface area contributed by atoms with Gasteiger partial charge in [-0.1, -0.05) is 25.4 Å². The van der Waals surface area contributed by atoms with Crippen LogP contribution in [0, 0.1) is 17.2 Å². The fourth-order valence-corrected chi connectivity index (χ4v) is 1.64. The average Bonchev–Trinajstić information content (AvgIpc) is 2.25. The molecule has 0 saturated heterocycles. The van der Waals surface area contributed by atoms with Gasteiger partial charge in [-0.2, -0.15) is 5.26 Å². The molecule has 1 rings (SSSR count). The van der Waals surface area contributed by atoms with Crippen molar-refractivity contribution in [3.8, 4) is 6.07 Å². The number of amides is 1. The zero-order valence-electron chi connectivity index (χ0n) is 9.70. The number of carbonyl (C=O) groups excluding carboxylic acids is 1. The summed E-state index contributed by atoms with van der Waals surface area (Å²) in [5.41, 5.74) is 6.25. The van der Waals surface area contributed by atoms with E-state index in [0.717, 1.165) is 0 Å². The van der Waals surface area contributed by atoms with E-state index in [9.17, 15) is 4.79 Å². The minimum atomic E-state index is -0.527. The number of nitriles is 1. The topological polar surface area (TPSA) is 78.9 Å². The van der Waals surface area contributed by atoms with Crippen LogP contribution in [0.4, 0.5) is 5.69 Å². The van der Waals surface area contributed by atoms with Gasteiger partial charge in [0.2, 0.25) is 5.91 Å². The molecule has 0 aliphatic carbocycles. The van der Waals surface area contributed by atoms with Crippen molar-refractivity contribution in [3.63, 3.8) is 0 Å². The Bertz CT molecular complexity index is 465. The van der Waals surface area contributed by atoms with Gasteiger partial charge in [-0.25, -0.2) is 0 Å². The quantitative estimate of drug-likeness (QED) is 0.860. The van der Waals surface area contributed by atoms with Crippen molar-refractivity contribution in [3.05, 3.63) is 28.8 Å². The molecule has 0 bridgehead atoms. The summed E-state index contributed by atoms with van der Waals surface area (Å²) >= 11 is 5.85. The Morgan fingerprint density at radius 3 is 2.65 bits per heavy atom. The fraction of sp³-hybridized carbons (Fsp3) is 0.333. The molecule has 5 heteroatoms. The third-order valence-electron chi connectivity index (χ3n) is 2.39. The number of benzene rings is 1. The Labute approximate surface area is 105 Å². The van der Waals surface area contributed by atoms with Crippen LogP contribution in [0.2, 0.25) is 5.02 Å². The number of nitrogens with two attached hydrogens (primary N) is 1. The van der Waals surface area contributed by atoms with Gasteiger partial charge in [0.1, 0.15) is 12.1 Å². The molecular formula is C12H14ClN3O. The third kappa shape index (κ3) is 3.36. The van der Waals surface area contributed by atoms with Crippen LogP contribution in [0.25, 0.3) is 0 Å². The van der Waals surface area contributed by atoms with Crippen LogP contribution in [0.15, 0.2) is 18.2 Å². The summed E-state index contributed by atoms with van der Waals surface area (Å²) in [4.78, 5) is 11.3. The maximum absolute atomic E-state index is 11.3. The average molecular weight is 252 g/mol. The number of hydrogen-bond donors (Lipinski definition) is 2. The van der Waals surface area contributed by atoms with E-state index in [1.807, 2.05) is 19.9 Å². The van der Waals surface area contributed by atoms with Crippen LogP contribution < -0.4 is 11.1 Å². The molecular weight excluding hydrogens is 238 g/mol. The summed E-state index contributed by atoms with van der Waals surface area (Å²) in [6.07, 6.45) is 0. The van der Waals surface area contributed by atoms with Crippen LogP contribution in [0.3, 0.4) is 0 Å². The molecule has 1 atom stereocenters. The largest absolute Gasteiger partial charge is 0.372 e. The van der Waals surface area contributed by atoms with Gasteiger partial charge in [-0.3, -0.25) is 4.79 Å². The molecule has 0 aromatic heterocycles. The molecule has 1 aromatic rings. The number of rotatable bonds is 4. The molecule has 1 aromatic carbocycles. The molecule has 0 aliphatic rings. The lowest BCUT2D eigenvalue weighted by Crippen LogP contribution is -2.39. The van der Waals surface area contributed by atoms with Gasteiger partial charge in [0.25, 0.3) is 0 Å². The Morgan fingerprint density at radius 1 is 1.53 bits per heavy atom. The van der Waals surface area contributed by atoms with Gasteiger partial charge in [0, 0.05) is 5.02 Å². The number of hydrogen-bond acceptors (Lipinski definition) is 3. The standard InChI is InChI=1S/C12H14ClN3O/c1-7(2)11(12(15)17)16-10-5-9(13)4-3-8(10)6-14/h3-5,7,11,16H,1-2H3,(H2,15,17). The highest BCUT2D eigenvalue weighted by molar-refractivity contribution is 6.30. The normalized spacial score (nSPS) is 11.9. The molecule has 1 unspecified atom stereocenters. The van der Waals surface area contributed by atoms with Crippen molar-refractivity contribution in [2.45, 2.75) is 19.9 Å². The molecule has 0 spiro atoms. The predicted octanol–water partition coefficient (Wildman–Crippen LogP) is 2.13. The van der Waals surface area contributed by atoms with E-state index in [-0.39, 0.29) is 5.92 Å². The Morgan fingerprint density at radius 2 is 2.18 bits per heavy atom. The van der Waals surface area contributed by atoms with Crippen molar-refractivity contribution in [2.75, 3.05) is 5.32 Å². The Hall–Kier alpha value is -1.73. The van der Waals surface area contributed by atoms with Crippen LogP contribution >= 0.6 is 11.6 Å². The SMILES string of the molecule is CC(C)C(Nc1cc(Cl)ccc1C#N)C(N)=O. The highest BCUT2D eigenvalue weighted by atomic mass is 35.5. The number of halogens is 1.